The van der Waals surface area contributed by atoms with Crippen LogP contribution in [0.1, 0.15) is 65.0 Å². The van der Waals surface area contributed by atoms with Crippen LogP contribution in [0.4, 0.5) is 4.79 Å². The van der Waals surface area contributed by atoms with E-state index in [1.54, 1.807) is 4.90 Å². The number of amides is 1. The predicted octanol–water partition coefficient (Wildman–Crippen LogP) is 6.04. The van der Waals surface area contributed by atoms with Crippen molar-refractivity contribution in [1.29, 1.82) is 0 Å². The zero-order chi connectivity index (χ0) is 18.9. The highest BCUT2D eigenvalue weighted by molar-refractivity contribution is 6.52. The van der Waals surface area contributed by atoms with Gasteiger partial charge in [0, 0.05) is 0 Å². The molecule has 2 rings (SSSR count). The van der Waals surface area contributed by atoms with Crippen LogP contribution in [0.5, 0.6) is 0 Å². The molecule has 0 saturated carbocycles. The van der Waals surface area contributed by atoms with Crippen LogP contribution in [-0.4, -0.2) is 24.0 Å². The smallest absolute Gasteiger partial charge is 0.417 e. The largest absolute Gasteiger partial charge is 0.549 e. The van der Waals surface area contributed by atoms with Gasteiger partial charge in [0.05, 0.1) is 6.04 Å². The van der Waals surface area contributed by atoms with E-state index >= 15 is 0 Å². The van der Waals surface area contributed by atoms with E-state index in [4.69, 9.17) is 9.39 Å². The van der Waals surface area contributed by atoms with Gasteiger partial charge in [0.2, 0.25) is 0 Å². The molecule has 142 valence electrons. The van der Waals surface area contributed by atoms with E-state index < -0.39 is 0 Å². The summed E-state index contributed by atoms with van der Waals surface area (Å²) in [5.41, 5.74) is 1.01. The van der Waals surface area contributed by atoms with Crippen molar-refractivity contribution in [2.75, 3.05) is 0 Å². The molecule has 26 heavy (non-hydrogen) atoms. The van der Waals surface area contributed by atoms with Crippen molar-refractivity contribution in [3.63, 3.8) is 0 Å². The lowest BCUT2D eigenvalue weighted by atomic mass is 9.59. The average molecular weight is 357 g/mol. The second-order valence-electron chi connectivity index (χ2n) is 6.98. The number of benzene rings is 1. The number of carbonyl (C=O) groups is 1. The van der Waals surface area contributed by atoms with E-state index in [0.717, 1.165) is 43.9 Å². The van der Waals surface area contributed by atoms with Gasteiger partial charge < -0.3 is 9.39 Å². The summed E-state index contributed by atoms with van der Waals surface area (Å²) in [6.07, 6.45) is 7.90. The zero-order valence-electron chi connectivity index (χ0n) is 16.6. The van der Waals surface area contributed by atoms with Crippen molar-refractivity contribution >= 4 is 13.0 Å². The Labute approximate surface area is 158 Å². The summed E-state index contributed by atoms with van der Waals surface area (Å²) in [5.74, 6) is 0.623. The maximum atomic E-state index is 12.6. The van der Waals surface area contributed by atoms with Gasteiger partial charge in [-0.2, -0.15) is 0 Å². The maximum absolute atomic E-state index is 12.6. The van der Waals surface area contributed by atoms with Gasteiger partial charge in [-0.05, 0) is 38.1 Å². The zero-order valence-corrected chi connectivity index (χ0v) is 16.6. The molecular formula is C21H32BNO3. The van der Waals surface area contributed by atoms with Crippen LogP contribution in [0.3, 0.4) is 0 Å². The molecule has 1 aromatic rings. The topological polar surface area (TPSA) is 38.8 Å². The molecule has 0 aliphatic carbocycles. The van der Waals surface area contributed by atoms with E-state index in [0.29, 0.717) is 5.88 Å². The van der Waals surface area contributed by atoms with E-state index in [2.05, 4.69) is 13.8 Å². The summed E-state index contributed by atoms with van der Waals surface area (Å²) in [5, 5.41) is 0. The number of cyclic esters (lactones) is 1. The van der Waals surface area contributed by atoms with Gasteiger partial charge >= 0.3 is 13.0 Å². The molecular weight excluding hydrogens is 325 g/mol. The van der Waals surface area contributed by atoms with Gasteiger partial charge in [0.1, 0.15) is 6.10 Å². The fraction of sp³-hybridized carbons (Fsp3) is 0.571. The number of nitrogens with zero attached hydrogens (tertiary/aromatic N) is 1. The molecule has 1 aromatic carbocycles. The van der Waals surface area contributed by atoms with Crippen LogP contribution < -0.4 is 0 Å². The van der Waals surface area contributed by atoms with Crippen molar-refractivity contribution in [3.8, 4) is 0 Å². The Morgan fingerprint density at radius 3 is 2.35 bits per heavy atom. The molecule has 2 atom stereocenters. The molecule has 1 fully saturated rings. The summed E-state index contributed by atoms with van der Waals surface area (Å²) >= 11 is 0. The minimum Gasteiger partial charge on any atom is -0.549 e. The van der Waals surface area contributed by atoms with Crippen molar-refractivity contribution < 1.29 is 14.2 Å². The quantitative estimate of drug-likeness (QED) is 0.379. The Morgan fingerprint density at radius 1 is 1.19 bits per heavy atom. The molecule has 1 amide bonds. The standard InChI is InChI=1S/C21H32BNO3/c1-5-8-15-22(16-9-6-2)26-19(7-3)23-17(4)20(25-21(23)24)18-13-11-10-12-14-18/h7,10-14,17,20H,5-6,8-9,15-16H2,1-4H3/b19-7-/t17-,20-/m1/s1. The molecule has 1 aliphatic rings. The Kier molecular flexibility index (Phi) is 8.08. The number of carbonyl (C=O) groups excluding carboxylic acids is 1. The molecule has 5 heteroatoms. The number of hydrogen-bond acceptors (Lipinski definition) is 3. The van der Waals surface area contributed by atoms with Crippen LogP contribution >= 0.6 is 0 Å². The van der Waals surface area contributed by atoms with Gasteiger partial charge in [-0.15, -0.1) is 0 Å². The third-order valence-corrected chi connectivity index (χ3v) is 4.93. The second-order valence-corrected chi connectivity index (χ2v) is 6.98. The number of allylic oxidation sites excluding steroid dienone is 1. The van der Waals surface area contributed by atoms with Crippen molar-refractivity contribution in [3.05, 3.63) is 47.9 Å². The first-order valence-corrected chi connectivity index (χ1v) is 10.00. The Morgan fingerprint density at radius 2 is 1.81 bits per heavy atom. The van der Waals surface area contributed by atoms with Crippen LogP contribution in [0.2, 0.25) is 12.6 Å². The first-order chi connectivity index (χ1) is 12.6. The fourth-order valence-electron chi connectivity index (χ4n) is 3.41. The number of hydrogen-bond donors (Lipinski definition) is 0. The molecule has 1 heterocycles. The van der Waals surface area contributed by atoms with Crippen molar-refractivity contribution in [2.45, 2.75) is 78.2 Å². The van der Waals surface area contributed by atoms with Gasteiger partial charge in [-0.25, -0.2) is 9.69 Å². The average Bonchev–Trinajstić information content (AvgIpc) is 2.96. The van der Waals surface area contributed by atoms with Crippen molar-refractivity contribution in [1.82, 2.24) is 4.90 Å². The Balaban J connectivity index is 2.11. The highest BCUT2D eigenvalue weighted by atomic mass is 16.6. The third-order valence-electron chi connectivity index (χ3n) is 4.93. The van der Waals surface area contributed by atoms with Gasteiger partial charge in [0.15, 0.2) is 5.88 Å². The monoisotopic (exact) mass is 357 g/mol. The SMILES string of the molecule is C/C=C(\OB(CCCC)CCCC)N1C(=O)O[C@@H](c2ccccc2)[C@H]1C. The fourth-order valence-corrected chi connectivity index (χ4v) is 3.41. The normalized spacial score (nSPS) is 20.2. The molecule has 0 radical (unpaired) electrons. The lowest BCUT2D eigenvalue weighted by Crippen LogP contribution is -2.35. The third kappa shape index (κ3) is 5.06. The van der Waals surface area contributed by atoms with E-state index in [9.17, 15) is 4.79 Å². The van der Waals surface area contributed by atoms with Crippen molar-refractivity contribution in [2.24, 2.45) is 0 Å². The van der Waals surface area contributed by atoms with Crippen LogP contribution in [0.15, 0.2) is 42.3 Å². The number of ether oxygens (including phenoxy) is 1. The molecule has 1 saturated heterocycles. The van der Waals surface area contributed by atoms with E-state index in [1.807, 2.05) is 50.3 Å². The minimum atomic E-state index is -0.329. The highest BCUT2D eigenvalue weighted by Gasteiger charge is 2.42. The molecule has 0 bridgehead atoms. The van der Waals surface area contributed by atoms with Crippen LogP contribution in [0, 0.1) is 0 Å². The van der Waals surface area contributed by atoms with Crippen LogP contribution in [-0.2, 0) is 9.39 Å². The molecule has 0 spiro atoms. The number of rotatable bonds is 10. The van der Waals surface area contributed by atoms with Gasteiger partial charge in [0.25, 0.3) is 0 Å². The second kappa shape index (κ2) is 10.3. The summed E-state index contributed by atoms with van der Waals surface area (Å²) < 4.78 is 12.0. The summed E-state index contributed by atoms with van der Waals surface area (Å²) in [7, 11) is 0. The first kappa shape index (κ1) is 20.4. The lowest BCUT2D eigenvalue weighted by molar-refractivity contribution is 0.129. The predicted molar refractivity (Wildman–Crippen MR) is 107 cm³/mol. The highest BCUT2D eigenvalue weighted by Crippen LogP contribution is 2.35. The van der Waals surface area contributed by atoms with Crippen LogP contribution in [0.25, 0.3) is 0 Å². The molecule has 0 unspecified atom stereocenters. The first-order valence-electron chi connectivity index (χ1n) is 10.00. The van der Waals surface area contributed by atoms with Gasteiger partial charge in [-0.1, -0.05) is 69.9 Å². The summed E-state index contributed by atoms with van der Waals surface area (Å²) in [4.78, 5) is 14.2. The molecule has 0 aromatic heterocycles. The Bertz CT molecular complexity index is 582. The molecule has 4 nitrogen and oxygen atoms in total. The lowest BCUT2D eigenvalue weighted by Gasteiger charge is -2.26. The molecule has 1 aliphatic heterocycles. The number of unbranched alkanes of at least 4 members (excludes halogenated alkanes) is 2. The summed E-state index contributed by atoms with van der Waals surface area (Å²) in [6, 6.07) is 9.80. The van der Waals surface area contributed by atoms with E-state index in [-0.39, 0.29) is 25.2 Å². The van der Waals surface area contributed by atoms with E-state index in [1.165, 1.54) is 0 Å². The van der Waals surface area contributed by atoms with Gasteiger partial charge in [-0.3, -0.25) is 0 Å². The maximum Gasteiger partial charge on any atom is 0.417 e. The summed E-state index contributed by atoms with van der Waals surface area (Å²) in [6.45, 7) is 8.47. The Hall–Kier alpha value is -1.91. The molecule has 0 N–H and O–H groups in total. The minimum absolute atomic E-state index is 0.103.